The lowest BCUT2D eigenvalue weighted by Gasteiger charge is -2.23. The first-order valence-electron chi connectivity index (χ1n) is 7.77. The van der Waals surface area contributed by atoms with Crippen molar-refractivity contribution in [1.82, 2.24) is 4.31 Å². The van der Waals surface area contributed by atoms with E-state index in [4.69, 9.17) is 4.74 Å². The molecule has 0 unspecified atom stereocenters. The van der Waals surface area contributed by atoms with Crippen LogP contribution in [0.1, 0.15) is 28.8 Å². The minimum atomic E-state index is -3.79. The molecule has 0 aliphatic heterocycles. The molecule has 0 bridgehead atoms. The quantitative estimate of drug-likeness (QED) is 0.755. The van der Waals surface area contributed by atoms with Gasteiger partial charge in [-0.25, -0.2) is 13.2 Å². The molecule has 0 saturated heterocycles. The van der Waals surface area contributed by atoms with Crippen LogP contribution in [0.3, 0.4) is 0 Å². The number of esters is 1. The first-order chi connectivity index (χ1) is 11.5. The Morgan fingerprint density at radius 2 is 1.71 bits per heavy atom. The Labute approximate surface area is 141 Å². The zero-order chi connectivity index (χ0) is 17.2. The van der Waals surface area contributed by atoms with Gasteiger partial charge in [-0.1, -0.05) is 42.5 Å². The number of benzene rings is 2. The number of hydrogen-bond acceptors (Lipinski definition) is 4. The molecule has 1 saturated carbocycles. The van der Waals surface area contributed by atoms with Crippen molar-refractivity contribution in [2.45, 2.75) is 30.3 Å². The van der Waals surface area contributed by atoms with Gasteiger partial charge in [-0.3, -0.25) is 0 Å². The Morgan fingerprint density at radius 1 is 1.08 bits per heavy atom. The summed E-state index contributed by atoms with van der Waals surface area (Å²) in [6.07, 6.45) is 1.68. The summed E-state index contributed by atoms with van der Waals surface area (Å²) in [5, 5.41) is 0. The van der Waals surface area contributed by atoms with Crippen LogP contribution in [0, 0.1) is 0 Å². The summed E-state index contributed by atoms with van der Waals surface area (Å²) in [4.78, 5) is 11.9. The minimum Gasteiger partial charge on any atom is -0.465 e. The molecule has 0 heterocycles. The Kier molecular flexibility index (Phi) is 4.69. The highest BCUT2D eigenvalue weighted by molar-refractivity contribution is 7.89. The normalized spacial score (nSPS) is 14.6. The average molecular weight is 345 g/mol. The van der Waals surface area contributed by atoms with Gasteiger partial charge < -0.3 is 4.74 Å². The molecule has 0 spiro atoms. The summed E-state index contributed by atoms with van der Waals surface area (Å²) in [6, 6.07) is 15.6. The molecule has 2 aromatic carbocycles. The molecule has 126 valence electrons. The molecule has 0 radical (unpaired) electrons. The molecule has 24 heavy (non-hydrogen) atoms. The molecular weight excluding hydrogens is 326 g/mol. The Bertz CT molecular complexity index is 829. The fraction of sp³-hybridized carbons (Fsp3) is 0.278. The number of ether oxygens (including phenoxy) is 1. The summed E-state index contributed by atoms with van der Waals surface area (Å²) >= 11 is 0. The summed E-state index contributed by atoms with van der Waals surface area (Å²) < 4.78 is 32.6. The number of carbonyl (C=O) groups is 1. The van der Waals surface area contributed by atoms with Crippen molar-refractivity contribution in [3.8, 4) is 0 Å². The molecule has 1 fully saturated rings. The predicted octanol–water partition coefficient (Wildman–Crippen LogP) is 2.83. The molecule has 5 nitrogen and oxygen atoms in total. The Hall–Kier alpha value is -2.18. The van der Waals surface area contributed by atoms with Crippen molar-refractivity contribution >= 4 is 16.0 Å². The standard InChI is InChI=1S/C18H19NO4S/c1-23-18(20)16-9-5-6-10-17(16)24(21,22)19(15-11-12-15)13-14-7-3-2-4-8-14/h2-10,15H,11-13H2,1H3. The number of carbonyl (C=O) groups excluding carboxylic acids is 1. The van der Waals surface area contributed by atoms with Gasteiger partial charge >= 0.3 is 5.97 Å². The van der Waals surface area contributed by atoms with E-state index in [0.29, 0.717) is 6.54 Å². The fourth-order valence-corrected chi connectivity index (χ4v) is 4.49. The van der Waals surface area contributed by atoms with Crippen LogP contribution in [0.5, 0.6) is 0 Å². The lowest BCUT2D eigenvalue weighted by atomic mass is 10.2. The van der Waals surface area contributed by atoms with Crippen molar-refractivity contribution in [3.63, 3.8) is 0 Å². The van der Waals surface area contributed by atoms with Crippen molar-refractivity contribution < 1.29 is 17.9 Å². The third kappa shape index (κ3) is 3.34. The summed E-state index contributed by atoms with van der Waals surface area (Å²) in [6.45, 7) is 0.295. The van der Waals surface area contributed by atoms with E-state index >= 15 is 0 Å². The molecule has 1 aliphatic carbocycles. The SMILES string of the molecule is COC(=O)c1ccccc1S(=O)(=O)N(Cc1ccccc1)C1CC1. The third-order valence-electron chi connectivity index (χ3n) is 4.01. The molecule has 0 aromatic heterocycles. The Morgan fingerprint density at radius 3 is 2.33 bits per heavy atom. The van der Waals surface area contributed by atoms with Gasteiger partial charge in [-0.05, 0) is 30.5 Å². The highest BCUT2D eigenvalue weighted by Crippen LogP contribution is 2.34. The molecule has 0 amide bonds. The lowest BCUT2D eigenvalue weighted by molar-refractivity contribution is 0.0596. The number of methoxy groups -OCH3 is 1. The highest BCUT2D eigenvalue weighted by atomic mass is 32.2. The van der Waals surface area contributed by atoms with Crippen LogP contribution < -0.4 is 0 Å². The molecular formula is C18H19NO4S. The maximum Gasteiger partial charge on any atom is 0.339 e. The van der Waals surface area contributed by atoms with Crippen LogP contribution in [-0.2, 0) is 21.3 Å². The molecule has 1 aliphatic rings. The van der Waals surface area contributed by atoms with Crippen LogP contribution in [-0.4, -0.2) is 31.8 Å². The van der Waals surface area contributed by atoms with Crippen LogP contribution in [0.2, 0.25) is 0 Å². The van der Waals surface area contributed by atoms with E-state index in [1.54, 1.807) is 12.1 Å². The van der Waals surface area contributed by atoms with Gasteiger partial charge in [0.25, 0.3) is 0 Å². The van der Waals surface area contributed by atoms with E-state index in [1.165, 1.54) is 23.5 Å². The van der Waals surface area contributed by atoms with Crippen molar-refractivity contribution in [3.05, 3.63) is 65.7 Å². The molecule has 0 atom stereocenters. The first-order valence-corrected chi connectivity index (χ1v) is 9.21. The highest BCUT2D eigenvalue weighted by Gasteiger charge is 2.39. The molecule has 2 aromatic rings. The maximum atomic E-state index is 13.2. The summed E-state index contributed by atoms with van der Waals surface area (Å²) in [5.74, 6) is -0.648. The second-order valence-electron chi connectivity index (χ2n) is 5.75. The zero-order valence-electron chi connectivity index (χ0n) is 13.4. The van der Waals surface area contributed by atoms with E-state index in [-0.39, 0.29) is 16.5 Å². The second-order valence-corrected chi connectivity index (χ2v) is 7.61. The fourth-order valence-electron chi connectivity index (χ4n) is 2.63. The lowest BCUT2D eigenvalue weighted by Crippen LogP contribution is -2.33. The second kappa shape index (κ2) is 6.75. The van der Waals surface area contributed by atoms with E-state index in [9.17, 15) is 13.2 Å². The van der Waals surface area contributed by atoms with Crippen LogP contribution >= 0.6 is 0 Å². The summed E-state index contributed by atoms with van der Waals surface area (Å²) in [5.41, 5.74) is 0.988. The minimum absolute atomic E-state index is 0.000295. The van der Waals surface area contributed by atoms with Gasteiger partial charge in [0.1, 0.15) is 0 Å². The third-order valence-corrected chi connectivity index (χ3v) is 5.97. The van der Waals surface area contributed by atoms with E-state index < -0.39 is 16.0 Å². The number of nitrogens with zero attached hydrogens (tertiary/aromatic N) is 1. The number of hydrogen-bond donors (Lipinski definition) is 0. The molecule has 3 rings (SSSR count). The number of rotatable bonds is 6. The van der Waals surface area contributed by atoms with Gasteiger partial charge in [0.2, 0.25) is 10.0 Å². The smallest absolute Gasteiger partial charge is 0.339 e. The predicted molar refractivity (Wildman–Crippen MR) is 90.0 cm³/mol. The molecule has 6 heteroatoms. The average Bonchev–Trinajstić information content (AvgIpc) is 3.44. The summed E-state index contributed by atoms with van der Waals surface area (Å²) in [7, 11) is -2.54. The van der Waals surface area contributed by atoms with E-state index in [1.807, 2.05) is 30.3 Å². The maximum absolute atomic E-state index is 13.2. The van der Waals surface area contributed by atoms with E-state index in [2.05, 4.69) is 0 Å². The van der Waals surface area contributed by atoms with Crippen LogP contribution in [0.25, 0.3) is 0 Å². The van der Waals surface area contributed by atoms with Gasteiger partial charge in [0, 0.05) is 12.6 Å². The largest absolute Gasteiger partial charge is 0.465 e. The van der Waals surface area contributed by atoms with E-state index in [0.717, 1.165) is 18.4 Å². The Balaban J connectivity index is 2.00. The number of sulfonamides is 1. The van der Waals surface area contributed by atoms with Gasteiger partial charge in [-0.2, -0.15) is 4.31 Å². The van der Waals surface area contributed by atoms with Gasteiger partial charge in [0.05, 0.1) is 17.6 Å². The monoisotopic (exact) mass is 345 g/mol. The van der Waals surface area contributed by atoms with Crippen LogP contribution in [0.15, 0.2) is 59.5 Å². The van der Waals surface area contributed by atoms with Gasteiger partial charge in [0.15, 0.2) is 0 Å². The first kappa shape index (κ1) is 16.7. The zero-order valence-corrected chi connectivity index (χ0v) is 14.2. The molecule has 0 N–H and O–H groups in total. The van der Waals surface area contributed by atoms with Crippen molar-refractivity contribution in [1.29, 1.82) is 0 Å². The van der Waals surface area contributed by atoms with Crippen molar-refractivity contribution in [2.75, 3.05) is 7.11 Å². The topological polar surface area (TPSA) is 63.7 Å². The van der Waals surface area contributed by atoms with Gasteiger partial charge in [-0.15, -0.1) is 0 Å². The van der Waals surface area contributed by atoms with Crippen molar-refractivity contribution in [2.24, 2.45) is 0 Å². The van der Waals surface area contributed by atoms with Crippen LogP contribution in [0.4, 0.5) is 0 Å².